The molecule has 0 atom stereocenters. The van der Waals surface area contributed by atoms with Crippen LogP contribution in [0.15, 0.2) is 47.3 Å². The van der Waals surface area contributed by atoms with E-state index in [1.807, 2.05) is 13.8 Å². The predicted octanol–water partition coefficient (Wildman–Crippen LogP) is 3.97. The molecule has 23 heavy (non-hydrogen) atoms. The molecule has 4 heteroatoms. The Kier molecular flexibility index (Phi) is 3.90. The average molecular weight is 310 g/mol. The summed E-state index contributed by atoms with van der Waals surface area (Å²) in [5.74, 6) is -0.0976. The van der Waals surface area contributed by atoms with E-state index >= 15 is 0 Å². The lowest BCUT2D eigenvalue weighted by Gasteiger charge is -2.14. The second-order valence-electron chi connectivity index (χ2n) is 6.01. The van der Waals surface area contributed by atoms with Crippen LogP contribution >= 0.6 is 0 Å². The monoisotopic (exact) mass is 310 g/mol. The first kappa shape index (κ1) is 15.3. The van der Waals surface area contributed by atoms with E-state index < -0.39 is 0 Å². The van der Waals surface area contributed by atoms with Crippen molar-refractivity contribution in [3.63, 3.8) is 0 Å². The Balaban J connectivity index is 2.39. The van der Waals surface area contributed by atoms with Gasteiger partial charge in [0, 0.05) is 28.4 Å². The van der Waals surface area contributed by atoms with Crippen molar-refractivity contribution < 1.29 is 9.50 Å². The van der Waals surface area contributed by atoms with Crippen LogP contribution < -0.4 is 5.56 Å². The maximum Gasteiger partial charge on any atom is 0.258 e. The lowest BCUT2D eigenvalue weighted by Crippen LogP contribution is -2.23. The van der Waals surface area contributed by atoms with E-state index in [2.05, 4.69) is 6.20 Å². The molecular weight excluding hydrogens is 293 g/mol. The van der Waals surface area contributed by atoms with Crippen LogP contribution in [0.1, 0.15) is 13.8 Å². The van der Waals surface area contributed by atoms with Gasteiger partial charge >= 0.3 is 0 Å². The van der Waals surface area contributed by atoms with Gasteiger partial charge in [-0.25, -0.2) is 4.39 Å². The molecule has 0 aliphatic heterocycles. The van der Waals surface area contributed by atoms with Crippen LogP contribution in [0.2, 0.25) is 0 Å². The Morgan fingerprint density at radius 2 is 1.91 bits per heavy atom. The van der Waals surface area contributed by atoms with Crippen LogP contribution in [0.5, 0.6) is 5.75 Å². The quantitative estimate of drug-likeness (QED) is 0.795. The summed E-state index contributed by atoms with van der Waals surface area (Å²) in [6, 6.07) is 10.9. The average Bonchev–Trinajstić information content (AvgIpc) is 2.50. The minimum atomic E-state index is -0.386. The summed E-state index contributed by atoms with van der Waals surface area (Å²) in [4.78, 5) is 12.6. The number of benzene rings is 2. The normalized spacial score (nSPS) is 11.3. The SMILES string of the molecule is CC(C)Cn1[c]c(-c2ccccc2F)c2cc(O)ccc2c1=O. The number of phenolic OH excluding ortho intramolecular Hbond substituents is 1. The molecule has 3 rings (SSSR count). The number of aromatic nitrogens is 1. The lowest BCUT2D eigenvalue weighted by atomic mass is 9.99. The Bertz CT molecular complexity index is 928. The highest BCUT2D eigenvalue weighted by Gasteiger charge is 2.15. The Morgan fingerprint density at radius 3 is 2.61 bits per heavy atom. The number of fused-ring (bicyclic) bond motifs is 1. The number of hydrogen-bond donors (Lipinski definition) is 1. The molecule has 117 valence electrons. The van der Waals surface area contributed by atoms with Crippen molar-refractivity contribution in [3.05, 3.63) is 64.8 Å². The van der Waals surface area contributed by atoms with Crippen LogP contribution in [-0.2, 0) is 6.54 Å². The molecule has 3 aromatic rings. The number of rotatable bonds is 3. The van der Waals surface area contributed by atoms with Crippen molar-refractivity contribution in [1.82, 2.24) is 4.57 Å². The number of phenols is 1. The van der Waals surface area contributed by atoms with Gasteiger partial charge < -0.3 is 9.67 Å². The summed E-state index contributed by atoms with van der Waals surface area (Å²) in [6.45, 7) is 4.51. The Hall–Kier alpha value is -2.62. The van der Waals surface area contributed by atoms with Crippen LogP contribution in [0.25, 0.3) is 21.9 Å². The fraction of sp³-hybridized carbons (Fsp3) is 0.211. The number of aromatic hydroxyl groups is 1. The van der Waals surface area contributed by atoms with Crippen molar-refractivity contribution in [2.24, 2.45) is 5.92 Å². The molecule has 0 saturated carbocycles. The molecule has 0 bridgehead atoms. The highest BCUT2D eigenvalue weighted by molar-refractivity contribution is 5.96. The van der Waals surface area contributed by atoms with Crippen molar-refractivity contribution in [3.8, 4) is 16.9 Å². The highest BCUT2D eigenvalue weighted by atomic mass is 19.1. The summed E-state index contributed by atoms with van der Waals surface area (Å²) in [5, 5.41) is 10.7. The summed E-state index contributed by atoms with van der Waals surface area (Å²) < 4.78 is 15.7. The van der Waals surface area contributed by atoms with Gasteiger partial charge in [0.1, 0.15) is 11.6 Å². The third-order valence-electron chi connectivity index (χ3n) is 3.69. The molecule has 1 radical (unpaired) electrons. The number of pyridine rings is 1. The van der Waals surface area contributed by atoms with Gasteiger partial charge in [-0.15, -0.1) is 0 Å². The molecule has 1 aromatic heterocycles. The molecule has 0 saturated heterocycles. The van der Waals surface area contributed by atoms with E-state index in [9.17, 15) is 14.3 Å². The molecule has 2 aromatic carbocycles. The first-order chi connectivity index (χ1) is 11.0. The molecule has 0 spiro atoms. The van der Waals surface area contributed by atoms with E-state index in [0.29, 0.717) is 28.4 Å². The zero-order chi connectivity index (χ0) is 16.6. The predicted molar refractivity (Wildman–Crippen MR) is 88.9 cm³/mol. The molecule has 0 fully saturated rings. The van der Waals surface area contributed by atoms with E-state index in [1.165, 1.54) is 22.8 Å². The van der Waals surface area contributed by atoms with Crippen molar-refractivity contribution >= 4 is 10.8 Å². The third kappa shape index (κ3) is 2.84. The topological polar surface area (TPSA) is 42.2 Å². The summed E-state index contributed by atoms with van der Waals surface area (Å²) in [5.41, 5.74) is 0.656. The largest absolute Gasteiger partial charge is 0.508 e. The van der Waals surface area contributed by atoms with Gasteiger partial charge in [0.05, 0.1) is 6.20 Å². The van der Waals surface area contributed by atoms with Crippen molar-refractivity contribution in [1.29, 1.82) is 0 Å². The second kappa shape index (κ2) is 5.88. The molecule has 3 nitrogen and oxygen atoms in total. The van der Waals surface area contributed by atoms with Gasteiger partial charge in [-0.2, -0.15) is 0 Å². The van der Waals surface area contributed by atoms with Crippen LogP contribution in [-0.4, -0.2) is 9.67 Å². The maximum absolute atomic E-state index is 14.2. The zero-order valence-corrected chi connectivity index (χ0v) is 13.0. The van der Waals surface area contributed by atoms with Crippen LogP contribution in [0.4, 0.5) is 4.39 Å². The molecule has 1 N–H and O–H groups in total. The zero-order valence-electron chi connectivity index (χ0n) is 13.0. The third-order valence-corrected chi connectivity index (χ3v) is 3.69. The van der Waals surface area contributed by atoms with Crippen LogP contribution in [0.3, 0.4) is 0 Å². The highest BCUT2D eigenvalue weighted by Crippen LogP contribution is 2.30. The minimum absolute atomic E-state index is 0.0319. The molecule has 1 heterocycles. The van der Waals surface area contributed by atoms with Gasteiger partial charge in [-0.05, 0) is 30.2 Å². The van der Waals surface area contributed by atoms with E-state index in [1.54, 1.807) is 24.3 Å². The van der Waals surface area contributed by atoms with Gasteiger partial charge in [0.2, 0.25) is 0 Å². The first-order valence-electron chi connectivity index (χ1n) is 7.51. The molecule has 0 aliphatic carbocycles. The summed E-state index contributed by atoms with van der Waals surface area (Å²) in [7, 11) is 0. The van der Waals surface area contributed by atoms with Gasteiger partial charge in [0.25, 0.3) is 5.56 Å². The number of halogens is 1. The second-order valence-corrected chi connectivity index (χ2v) is 6.01. The fourth-order valence-electron chi connectivity index (χ4n) is 2.68. The summed E-state index contributed by atoms with van der Waals surface area (Å²) in [6.07, 6.45) is 3.02. The molecule has 0 amide bonds. The molecule has 0 aliphatic rings. The van der Waals surface area contributed by atoms with E-state index in [0.717, 1.165) is 0 Å². The van der Waals surface area contributed by atoms with E-state index in [-0.39, 0.29) is 23.0 Å². The number of hydrogen-bond acceptors (Lipinski definition) is 2. The van der Waals surface area contributed by atoms with Crippen molar-refractivity contribution in [2.45, 2.75) is 20.4 Å². The molecule has 0 unspecified atom stereocenters. The summed E-state index contributed by atoms with van der Waals surface area (Å²) >= 11 is 0. The van der Waals surface area contributed by atoms with E-state index in [4.69, 9.17) is 0 Å². The smallest absolute Gasteiger partial charge is 0.258 e. The fourth-order valence-corrected chi connectivity index (χ4v) is 2.68. The maximum atomic E-state index is 14.2. The Morgan fingerprint density at radius 1 is 1.17 bits per heavy atom. The minimum Gasteiger partial charge on any atom is -0.508 e. The first-order valence-corrected chi connectivity index (χ1v) is 7.51. The van der Waals surface area contributed by atoms with Gasteiger partial charge in [-0.1, -0.05) is 32.0 Å². The van der Waals surface area contributed by atoms with Crippen molar-refractivity contribution in [2.75, 3.05) is 0 Å². The molecular formula is C19H17FNO2. The number of nitrogens with zero attached hydrogens (tertiary/aromatic N) is 1. The van der Waals surface area contributed by atoms with Gasteiger partial charge in [0.15, 0.2) is 0 Å². The van der Waals surface area contributed by atoms with Crippen LogP contribution in [0, 0.1) is 17.9 Å². The Labute approximate surface area is 133 Å². The standard InChI is InChI=1S/C19H17FNO2/c1-12(2)10-21-11-17(14-5-3-4-6-18(14)20)16-9-13(22)7-8-15(16)19(21)23/h3-9,12,22H,10H2,1-2H3. The van der Waals surface area contributed by atoms with Gasteiger partial charge in [-0.3, -0.25) is 4.79 Å². The lowest BCUT2D eigenvalue weighted by molar-refractivity contribution is 0.476.